The summed E-state index contributed by atoms with van der Waals surface area (Å²) < 4.78 is 23.7. The fourth-order valence-electron chi connectivity index (χ4n) is 3.05. The molecule has 24 heavy (non-hydrogen) atoms. The zero-order valence-corrected chi connectivity index (χ0v) is 13.6. The molecule has 3 rings (SSSR count). The molecule has 1 amide bonds. The van der Waals surface area contributed by atoms with Crippen molar-refractivity contribution in [1.29, 1.82) is 0 Å². The maximum atomic E-state index is 12.9. The number of carbonyl (C=O) groups excluding carboxylic acids is 1. The Hall–Kier alpha value is -1.70. The first-order valence-electron chi connectivity index (χ1n) is 8.23. The van der Waals surface area contributed by atoms with Crippen molar-refractivity contribution >= 4 is 5.91 Å². The number of morpholine rings is 1. The van der Waals surface area contributed by atoms with Gasteiger partial charge in [-0.2, -0.15) is 0 Å². The summed E-state index contributed by atoms with van der Waals surface area (Å²) in [4.78, 5) is 16.0. The van der Waals surface area contributed by atoms with E-state index in [1.807, 2.05) is 4.90 Å². The van der Waals surface area contributed by atoms with Crippen molar-refractivity contribution in [3.63, 3.8) is 0 Å². The number of nitrogens with zero attached hydrogens (tertiary/aromatic N) is 2. The van der Waals surface area contributed by atoms with Gasteiger partial charge in [0.15, 0.2) is 0 Å². The number of benzene rings is 1. The normalized spacial score (nSPS) is 25.0. The number of ether oxygens (including phenoxy) is 2. The van der Waals surface area contributed by atoms with Gasteiger partial charge in [0, 0.05) is 26.2 Å². The van der Waals surface area contributed by atoms with Gasteiger partial charge in [-0.25, -0.2) is 4.39 Å². The van der Waals surface area contributed by atoms with E-state index in [2.05, 4.69) is 0 Å². The maximum absolute atomic E-state index is 12.9. The lowest BCUT2D eigenvalue weighted by molar-refractivity contribution is -0.136. The molecule has 2 heterocycles. The predicted molar refractivity (Wildman–Crippen MR) is 85.3 cm³/mol. The number of amides is 1. The summed E-state index contributed by atoms with van der Waals surface area (Å²) in [6.45, 7) is 3.90. The lowest BCUT2D eigenvalue weighted by atomic mass is 10.1. The van der Waals surface area contributed by atoms with Gasteiger partial charge in [-0.15, -0.1) is 0 Å². The minimum Gasteiger partial charge on any atom is -0.491 e. The molecule has 2 aliphatic rings. The Balaban J connectivity index is 1.46. The van der Waals surface area contributed by atoms with E-state index in [1.54, 1.807) is 4.90 Å². The molecule has 6 nitrogen and oxygen atoms in total. The Labute approximate surface area is 140 Å². The molecule has 2 aliphatic heterocycles. The molecule has 0 unspecified atom stereocenters. The van der Waals surface area contributed by atoms with E-state index >= 15 is 0 Å². The van der Waals surface area contributed by atoms with E-state index in [-0.39, 0.29) is 18.3 Å². The Kier molecular flexibility index (Phi) is 5.33. The molecule has 0 radical (unpaired) electrons. The van der Waals surface area contributed by atoms with E-state index in [4.69, 9.17) is 9.47 Å². The number of halogens is 1. The highest BCUT2D eigenvalue weighted by atomic mass is 19.1. The molecule has 132 valence electrons. The molecule has 1 aromatic carbocycles. The highest BCUT2D eigenvalue weighted by Gasteiger charge is 2.38. The lowest BCUT2D eigenvalue weighted by Gasteiger charge is -2.29. The van der Waals surface area contributed by atoms with Gasteiger partial charge in [0.05, 0.1) is 19.8 Å². The number of β-amino-alcohol motifs (C(OH)–C–C–N with tert-alkyl or cyclic N) is 1. The van der Waals surface area contributed by atoms with Gasteiger partial charge in [-0.05, 0) is 30.7 Å². The van der Waals surface area contributed by atoms with Gasteiger partial charge in [0.1, 0.15) is 23.8 Å². The van der Waals surface area contributed by atoms with Crippen LogP contribution in [0, 0.1) is 5.82 Å². The van der Waals surface area contributed by atoms with Crippen molar-refractivity contribution in [1.82, 2.24) is 9.80 Å². The van der Waals surface area contributed by atoms with Crippen LogP contribution in [0.25, 0.3) is 0 Å². The van der Waals surface area contributed by atoms with Crippen molar-refractivity contribution < 1.29 is 23.8 Å². The second kappa shape index (κ2) is 7.46. The summed E-state index contributed by atoms with van der Waals surface area (Å²) in [7, 11) is 0. The fraction of sp³-hybridized carbons (Fsp3) is 0.588. The zero-order valence-electron chi connectivity index (χ0n) is 13.6. The molecule has 1 aromatic rings. The third-order valence-corrected chi connectivity index (χ3v) is 4.46. The fourth-order valence-corrected chi connectivity index (χ4v) is 3.05. The Bertz CT molecular complexity index is 562. The highest BCUT2D eigenvalue weighted by molar-refractivity contribution is 5.78. The Morgan fingerprint density at radius 1 is 1.25 bits per heavy atom. The van der Waals surface area contributed by atoms with Gasteiger partial charge in [-0.3, -0.25) is 9.69 Å². The maximum Gasteiger partial charge on any atom is 0.236 e. The molecule has 1 atom stereocenters. The summed E-state index contributed by atoms with van der Waals surface area (Å²) in [6.07, 6.45) is 0.546. The van der Waals surface area contributed by atoms with Crippen LogP contribution in [0.4, 0.5) is 4.39 Å². The monoisotopic (exact) mass is 338 g/mol. The van der Waals surface area contributed by atoms with Crippen LogP contribution < -0.4 is 4.74 Å². The summed E-state index contributed by atoms with van der Waals surface area (Å²) in [6, 6.07) is 5.71. The average Bonchev–Trinajstić information content (AvgIpc) is 2.96. The predicted octanol–water partition coefficient (Wildman–Crippen LogP) is 0.500. The van der Waals surface area contributed by atoms with Gasteiger partial charge in [0.25, 0.3) is 0 Å². The molecule has 1 N–H and O–H groups in total. The van der Waals surface area contributed by atoms with Crippen LogP contribution in [0.15, 0.2) is 24.3 Å². The quantitative estimate of drug-likeness (QED) is 0.847. The number of aliphatic hydroxyl groups is 1. The smallest absolute Gasteiger partial charge is 0.236 e. The van der Waals surface area contributed by atoms with Crippen molar-refractivity contribution in [2.24, 2.45) is 0 Å². The van der Waals surface area contributed by atoms with Gasteiger partial charge >= 0.3 is 0 Å². The molecule has 0 saturated carbocycles. The van der Waals surface area contributed by atoms with Crippen LogP contribution >= 0.6 is 0 Å². The number of carbonyl (C=O) groups is 1. The Morgan fingerprint density at radius 2 is 1.96 bits per heavy atom. The number of rotatable bonds is 5. The minimum atomic E-state index is -0.986. The van der Waals surface area contributed by atoms with E-state index in [0.717, 1.165) is 0 Å². The van der Waals surface area contributed by atoms with E-state index < -0.39 is 5.60 Å². The first-order valence-corrected chi connectivity index (χ1v) is 8.23. The molecular formula is C17H23FN2O4. The molecule has 0 aromatic heterocycles. The van der Waals surface area contributed by atoms with E-state index in [9.17, 15) is 14.3 Å². The van der Waals surface area contributed by atoms with Crippen LogP contribution in [0.2, 0.25) is 0 Å². The standard InChI is InChI=1S/C17H23FN2O4/c18-14-1-3-15(4-2-14)24-13-17(22)5-6-19(12-17)11-16(21)20-7-9-23-10-8-20/h1-4,22H,5-13H2/t17-/m1/s1. The van der Waals surface area contributed by atoms with Crippen LogP contribution in [0.1, 0.15) is 6.42 Å². The van der Waals surface area contributed by atoms with Crippen LogP contribution in [-0.2, 0) is 9.53 Å². The number of hydrogen-bond acceptors (Lipinski definition) is 5. The summed E-state index contributed by atoms with van der Waals surface area (Å²) in [5, 5.41) is 10.6. The van der Waals surface area contributed by atoms with Gasteiger partial charge in [0.2, 0.25) is 5.91 Å². The van der Waals surface area contributed by atoms with Crippen molar-refractivity contribution in [3.8, 4) is 5.75 Å². The third-order valence-electron chi connectivity index (χ3n) is 4.46. The van der Waals surface area contributed by atoms with Crippen molar-refractivity contribution in [3.05, 3.63) is 30.1 Å². The highest BCUT2D eigenvalue weighted by Crippen LogP contribution is 2.23. The second-order valence-electron chi connectivity index (χ2n) is 6.42. The number of likely N-dealkylation sites (tertiary alicyclic amines) is 1. The molecule has 0 bridgehead atoms. The first-order chi connectivity index (χ1) is 11.5. The summed E-state index contributed by atoms with van der Waals surface area (Å²) in [5.74, 6) is 0.268. The Morgan fingerprint density at radius 3 is 2.67 bits per heavy atom. The topological polar surface area (TPSA) is 62.2 Å². The molecule has 7 heteroatoms. The third kappa shape index (κ3) is 4.43. The zero-order chi connectivity index (χ0) is 17.0. The number of hydrogen-bond donors (Lipinski definition) is 1. The van der Waals surface area contributed by atoms with Gasteiger partial charge in [-0.1, -0.05) is 0 Å². The van der Waals surface area contributed by atoms with E-state index in [1.165, 1.54) is 24.3 Å². The molecule has 0 aliphatic carbocycles. The van der Waals surface area contributed by atoms with Crippen molar-refractivity contribution in [2.75, 3.05) is 52.5 Å². The molecule has 2 saturated heterocycles. The molecular weight excluding hydrogens is 315 g/mol. The summed E-state index contributed by atoms with van der Waals surface area (Å²) in [5.41, 5.74) is -0.986. The molecule has 0 spiro atoms. The largest absolute Gasteiger partial charge is 0.491 e. The minimum absolute atomic E-state index is 0.0713. The average molecular weight is 338 g/mol. The second-order valence-corrected chi connectivity index (χ2v) is 6.42. The van der Waals surface area contributed by atoms with Gasteiger partial charge < -0.3 is 19.5 Å². The summed E-state index contributed by atoms with van der Waals surface area (Å²) >= 11 is 0. The SMILES string of the molecule is O=C(CN1CC[C@](O)(COc2ccc(F)cc2)C1)N1CCOCC1. The molecule has 2 fully saturated rings. The van der Waals surface area contributed by atoms with Crippen LogP contribution in [-0.4, -0.2) is 79.0 Å². The van der Waals surface area contributed by atoms with Crippen LogP contribution in [0.5, 0.6) is 5.75 Å². The lowest BCUT2D eigenvalue weighted by Crippen LogP contribution is -2.46. The van der Waals surface area contributed by atoms with Crippen LogP contribution in [0.3, 0.4) is 0 Å². The first kappa shape index (κ1) is 17.1. The van der Waals surface area contributed by atoms with E-state index in [0.29, 0.717) is 58.1 Å². The van der Waals surface area contributed by atoms with Crippen molar-refractivity contribution in [2.45, 2.75) is 12.0 Å².